The molecule has 6 rings (SSSR count). The molecule has 9 heteroatoms. The van der Waals surface area contributed by atoms with Gasteiger partial charge < -0.3 is 14.0 Å². The summed E-state index contributed by atoms with van der Waals surface area (Å²) in [5.74, 6) is 1.71. The molecule has 2 saturated carbocycles. The number of alkyl halides is 1. The minimum Gasteiger partial charge on any atom is -0.489 e. The molecule has 0 aliphatic heterocycles. The fourth-order valence-electron chi connectivity index (χ4n) is 5.14. The van der Waals surface area contributed by atoms with Crippen LogP contribution in [0, 0.1) is 0 Å². The Morgan fingerprint density at radius 3 is 2.74 bits per heavy atom. The van der Waals surface area contributed by atoms with E-state index in [0.29, 0.717) is 27.3 Å². The number of ether oxygens (including phenoxy) is 2. The Hall–Kier alpha value is -2.80. The van der Waals surface area contributed by atoms with E-state index in [1.165, 1.54) is 13.3 Å². The molecule has 38 heavy (non-hydrogen) atoms. The predicted molar refractivity (Wildman–Crippen MR) is 145 cm³/mol. The normalized spacial score (nSPS) is 24.2. The molecule has 4 atom stereocenters. The molecular formula is C29H25Cl3N2O4. The number of carbonyl (C=O) groups is 1. The molecule has 6 nitrogen and oxygen atoms in total. The molecule has 0 amide bonds. The van der Waals surface area contributed by atoms with E-state index in [0.717, 1.165) is 47.4 Å². The molecule has 2 fully saturated rings. The van der Waals surface area contributed by atoms with Crippen molar-refractivity contribution in [3.63, 3.8) is 0 Å². The average molecular weight is 572 g/mol. The topological polar surface area (TPSA) is 74.5 Å². The van der Waals surface area contributed by atoms with E-state index >= 15 is 0 Å². The zero-order chi connectivity index (χ0) is 26.4. The van der Waals surface area contributed by atoms with Gasteiger partial charge >= 0.3 is 5.97 Å². The quantitative estimate of drug-likeness (QED) is 0.204. The number of carbonyl (C=O) groups excluding carboxylic acids is 1. The van der Waals surface area contributed by atoms with E-state index < -0.39 is 5.97 Å². The highest BCUT2D eigenvalue weighted by Crippen LogP contribution is 2.56. The molecule has 2 aromatic heterocycles. The van der Waals surface area contributed by atoms with Gasteiger partial charge in [0.2, 0.25) is 0 Å². The molecule has 3 aliphatic rings. The summed E-state index contributed by atoms with van der Waals surface area (Å²) in [5, 5.41) is 5.34. The summed E-state index contributed by atoms with van der Waals surface area (Å²) in [6, 6.07) is 7.64. The first-order valence-corrected chi connectivity index (χ1v) is 13.8. The summed E-state index contributed by atoms with van der Waals surface area (Å²) in [4.78, 5) is 16.1. The van der Waals surface area contributed by atoms with Crippen molar-refractivity contribution in [2.75, 3.05) is 7.11 Å². The van der Waals surface area contributed by atoms with Crippen molar-refractivity contribution < 1.29 is 18.8 Å². The van der Waals surface area contributed by atoms with Gasteiger partial charge in [0, 0.05) is 28.4 Å². The van der Waals surface area contributed by atoms with Crippen LogP contribution in [0.2, 0.25) is 5.02 Å². The summed E-state index contributed by atoms with van der Waals surface area (Å²) in [7, 11) is 1.36. The summed E-state index contributed by atoms with van der Waals surface area (Å²) in [5.41, 5.74) is 4.14. The van der Waals surface area contributed by atoms with Gasteiger partial charge in [-0.25, -0.2) is 4.79 Å². The van der Waals surface area contributed by atoms with Crippen molar-refractivity contribution in [1.29, 1.82) is 0 Å². The van der Waals surface area contributed by atoms with Crippen LogP contribution in [0.25, 0.3) is 0 Å². The molecule has 0 radical (unpaired) electrons. The van der Waals surface area contributed by atoms with Gasteiger partial charge in [-0.15, -0.1) is 11.6 Å². The maximum Gasteiger partial charge on any atom is 0.339 e. The lowest BCUT2D eigenvalue weighted by Gasteiger charge is -2.21. The van der Waals surface area contributed by atoms with Gasteiger partial charge in [0.15, 0.2) is 0 Å². The van der Waals surface area contributed by atoms with Crippen LogP contribution in [0.4, 0.5) is 0 Å². The Morgan fingerprint density at radius 1 is 1.16 bits per heavy atom. The lowest BCUT2D eigenvalue weighted by atomic mass is 9.92. The molecule has 0 spiro atoms. The second-order valence-corrected chi connectivity index (χ2v) is 11.3. The standard InChI is InChI=1S/C29H25Cl3N2O4/c1-36-29(35)17-9-16(12-33-13-17)20-11-21(20)19-8-7-18(10-25(19)32)37-14-22-27(34-38-28(22)15-5-6-15)26-23(30)3-2-4-24(26)31/h2-4,7-10,12-13,15,20-21,23,26H,5-6,11,14H2,1H3. The maximum atomic E-state index is 11.9. The first-order chi connectivity index (χ1) is 18.4. The van der Waals surface area contributed by atoms with Gasteiger partial charge in [-0.05, 0) is 66.5 Å². The average Bonchev–Trinajstić information content (AvgIpc) is 3.85. The van der Waals surface area contributed by atoms with Crippen LogP contribution >= 0.6 is 34.8 Å². The third-order valence-electron chi connectivity index (χ3n) is 7.41. The molecule has 196 valence electrons. The fourth-order valence-corrected chi connectivity index (χ4v) is 6.17. The Morgan fingerprint density at radius 2 is 2.00 bits per heavy atom. The van der Waals surface area contributed by atoms with Gasteiger partial charge in [-0.3, -0.25) is 4.98 Å². The monoisotopic (exact) mass is 570 g/mol. The molecule has 3 aromatic rings. The number of rotatable bonds is 8. The number of esters is 1. The van der Waals surface area contributed by atoms with E-state index in [2.05, 4.69) is 10.1 Å². The minimum absolute atomic E-state index is 0.253. The molecule has 2 heterocycles. The highest BCUT2D eigenvalue weighted by molar-refractivity contribution is 6.32. The first kappa shape index (κ1) is 25.5. The van der Waals surface area contributed by atoms with Crippen LogP contribution in [0.3, 0.4) is 0 Å². The zero-order valence-electron chi connectivity index (χ0n) is 20.6. The van der Waals surface area contributed by atoms with E-state index in [1.54, 1.807) is 6.20 Å². The van der Waals surface area contributed by atoms with E-state index in [4.69, 9.17) is 48.8 Å². The SMILES string of the molecule is COC(=O)c1cncc(C2CC2c2ccc(OCc3c(C4C(Cl)=CC=CC4Cl)noc3C3CC3)cc2Cl)c1. The van der Waals surface area contributed by atoms with Crippen molar-refractivity contribution in [2.24, 2.45) is 0 Å². The molecule has 1 aromatic carbocycles. The molecule has 0 N–H and O–H groups in total. The molecule has 0 saturated heterocycles. The lowest BCUT2D eigenvalue weighted by molar-refractivity contribution is 0.0600. The predicted octanol–water partition coefficient (Wildman–Crippen LogP) is 7.62. The summed E-state index contributed by atoms with van der Waals surface area (Å²) in [6.07, 6.45) is 12.0. The molecule has 0 bridgehead atoms. The summed E-state index contributed by atoms with van der Waals surface area (Å²) >= 11 is 19.8. The van der Waals surface area contributed by atoms with Crippen molar-refractivity contribution >= 4 is 40.8 Å². The van der Waals surface area contributed by atoms with E-state index in [9.17, 15) is 4.79 Å². The number of halogens is 3. The first-order valence-electron chi connectivity index (χ1n) is 12.6. The summed E-state index contributed by atoms with van der Waals surface area (Å²) in [6.45, 7) is 0.284. The lowest BCUT2D eigenvalue weighted by Crippen LogP contribution is -2.16. The van der Waals surface area contributed by atoms with Crippen LogP contribution in [-0.4, -0.2) is 28.6 Å². The Bertz CT molecular complexity index is 1450. The Balaban J connectivity index is 1.18. The number of hydrogen-bond donors (Lipinski definition) is 0. The van der Waals surface area contributed by atoms with E-state index in [1.807, 2.05) is 42.5 Å². The minimum atomic E-state index is -0.392. The van der Waals surface area contributed by atoms with Crippen molar-refractivity contribution in [2.45, 2.75) is 54.9 Å². The number of pyridine rings is 1. The highest BCUT2D eigenvalue weighted by atomic mass is 35.5. The van der Waals surface area contributed by atoms with Crippen molar-refractivity contribution in [3.05, 3.63) is 98.7 Å². The molecule has 4 unspecified atom stereocenters. The third kappa shape index (κ3) is 4.97. The largest absolute Gasteiger partial charge is 0.489 e. The Labute approximate surface area is 235 Å². The van der Waals surface area contributed by atoms with Crippen LogP contribution < -0.4 is 4.74 Å². The number of methoxy groups -OCH3 is 1. The number of aromatic nitrogens is 2. The number of nitrogens with zero attached hydrogens (tertiary/aromatic N) is 2. The number of allylic oxidation sites excluding steroid dienone is 4. The van der Waals surface area contributed by atoms with Gasteiger partial charge in [-0.2, -0.15) is 0 Å². The molecule has 3 aliphatic carbocycles. The summed E-state index contributed by atoms with van der Waals surface area (Å²) < 4.78 is 16.8. The van der Waals surface area contributed by atoms with E-state index in [-0.39, 0.29) is 29.7 Å². The fraction of sp³-hybridized carbons (Fsp3) is 0.345. The maximum absolute atomic E-state index is 11.9. The third-order valence-corrected chi connectivity index (χ3v) is 8.50. The highest BCUT2D eigenvalue weighted by Gasteiger charge is 2.41. The van der Waals surface area contributed by atoms with Gasteiger partial charge in [0.05, 0.1) is 29.5 Å². The van der Waals surface area contributed by atoms with Crippen molar-refractivity contribution in [1.82, 2.24) is 10.1 Å². The Kier molecular flexibility index (Phi) is 6.97. The molecular weight excluding hydrogens is 547 g/mol. The number of benzene rings is 1. The van der Waals surface area contributed by atoms with Gasteiger partial charge in [-0.1, -0.05) is 46.6 Å². The second kappa shape index (κ2) is 10.4. The van der Waals surface area contributed by atoms with Crippen LogP contribution in [0.15, 0.2) is 64.4 Å². The zero-order valence-corrected chi connectivity index (χ0v) is 22.8. The van der Waals surface area contributed by atoms with Crippen molar-refractivity contribution in [3.8, 4) is 5.75 Å². The number of hydrogen-bond acceptors (Lipinski definition) is 6. The second-order valence-electron chi connectivity index (χ2n) is 9.96. The van der Waals surface area contributed by atoms with Gasteiger partial charge in [0.1, 0.15) is 23.8 Å². The van der Waals surface area contributed by atoms with Gasteiger partial charge in [0.25, 0.3) is 0 Å². The van der Waals surface area contributed by atoms with Crippen LogP contribution in [0.1, 0.15) is 81.4 Å². The smallest absolute Gasteiger partial charge is 0.339 e. The van der Waals surface area contributed by atoms with Crippen LogP contribution in [-0.2, 0) is 11.3 Å². The van der Waals surface area contributed by atoms with Crippen LogP contribution in [0.5, 0.6) is 5.75 Å².